The molecule has 2 heterocycles. The average Bonchev–Trinajstić information content (AvgIpc) is 3.96. The maximum absolute atomic E-state index is 6.92. The summed E-state index contributed by atoms with van der Waals surface area (Å²) in [5, 5.41) is 9.66. The Bertz CT molecular complexity index is 3950. The molecule has 2 nitrogen and oxygen atoms in total. The summed E-state index contributed by atoms with van der Waals surface area (Å²) in [4.78, 5) is 2.40. The zero-order chi connectivity index (χ0) is 42.8. The van der Waals surface area contributed by atoms with Gasteiger partial charge in [-0.2, -0.15) is 0 Å². The minimum atomic E-state index is 0.864. The van der Waals surface area contributed by atoms with Gasteiger partial charge in [0.25, 0.3) is 0 Å². The second-order valence-corrected chi connectivity index (χ2v) is 17.9. The molecule has 0 radical (unpaired) electrons. The molecule has 11 aromatic carbocycles. The lowest BCUT2D eigenvalue weighted by Crippen LogP contribution is -2.10. The summed E-state index contributed by atoms with van der Waals surface area (Å²) in [6.07, 6.45) is 0. The van der Waals surface area contributed by atoms with Gasteiger partial charge in [-0.15, -0.1) is 11.3 Å². The van der Waals surface area contributed by atoms with E-state index in [9.17, 15) is 0 Å². The van der Waals surface area contributed by atoms with Gasteiger partial charge in [0.2, 0.25) is 0 Å². The van der Waals surface area contributed by atoms with E-state index in [1.807, 2.05) is 11.3 Å². The van der Waals surface area contributed by atoms with Crippen LogP contribution >= 0.6 is 11.3 Å². The molecule has 0 aliphatic carbocycles. The molecule has 0 saturated heterocycles. The van der Waals surface area contributed by atoms with Gasteiger partial charge < -0.3 is 9.32 Å². The molecule has 0 atom stereocenters. The van der Waals surface area contributed by atoms with E-state index in [2.05, 4.69) is 241 Å². The molecule has 0 saturated carbocycles. The molecule has 13 rings (SSSR count). The van der Waals surface area contributed by atoms with Crippen molar-refractivity contribution in [1.82, 2.24) is 0 Å². The van der Waals surface area contributed by atoms with Crippen LogP contribution in [-0.4, -0.2) is 0 Å². The van der Waals surface area contributed by atoms with Gasteiger partial charge in [-0.05, 0) is 121 Å². The smallest absolute Gasteiger partial charge is 0.145 e. The first kappa shape index (κ1) is 37.3. The van der Waals surface area contributed by atoms with Crippen molar-refractivity contribution in [3.05, 3.63) is 237 Å². The van der Waals surface area contributed by atoms with E-state index in [1.54, 1.807) is 0 Å². The Morgan fingerprint density at radius 3 is 1.74 bits per heavy atom. The minimum absolute atomic E-state index is 0.864. The minimum Gasteiger partial charge on any atom is -0.455 e. The highest BCUT2D eigenvalue weighted by atomic mass is 32.1. The maximum atomic E-state index is 6.92. The molecule has 0 aliphatic rings. The second kappa shape index (κ2) is 15.2. The van der Waals surface area contributed by atoms with Crippen molar-refractivity contribution in [3.63, 3.8) is 0 Å². The fraction of sp³-hybridized carbons (Fsp3) is 0. The molecule has 0 fully saturated rings. The molecular formula is C62H39NOS. The molecular weight excluding hydrogens is 807 g/mol. The summed E-state index contributed by atoms with van der Waals surface area (Å²) < 4.78 is 9.54. The third-order valence-corrected chi connectivity index (χ3v) is 14.2. The molecule has 2 aromatic heterocycles. The number of furan rings is 1. The van der Waals surface area contributed by atoms with E-state index < -0.39 is 0 Å². The molecule has 0 amide bonds. The Morgan fingerprint density at radius 2 is 0.908 bits per heavy atom. The summed E-state index contributed by atoms with van der Waals surface area (Å²) in [7, 11) is 0. The highest BCUT2D eigenvalue weighted by molar-refractivity contribution is 7.25. The van der Waals surface area contributed by atoms with Crippen molar-refractivity contribution in [3.8, 4) is 44.5 Å². The lowest BCUT2D eigenvalue weighted by Gasteiger charge is -2.27. The van der Waals surface area contributed by atoms with Crippen molar-refractivity contribution in [2.24, 2.45) is 0 Å². The summed E-state index contributed by atoms with van der Waals surface area (Å²) in [5.41, 5.74) is 14.3. The third-order valence-electron chi connectivity index (χ3n) is 13.1. The number of rotatable bonds is 7. The van der Waals surface area contributed by atoms with Gasteiger partial charge in [-0.1, -0.05) is 176 Å². The molecule has 13 aromatic rings. The Balaban J connectivity index is 0.988. The standard InChI is InChI=1S/C62H39NOS/c1-2-15-44-39-45(28-27-40(44)13-1)41-29-33-46(34-30-41)63(56-38-37-53(51-22-11-16-42-14-3-4-17-48(42)51)62-61(56)54-20-7-9-24-57(54)64-62)47-35-31-43(32-36-47)49-18-5-6-19-50(49)52-23-12-26-59-60(52)55-21-8-10-25-58(55)65-59/h1-39H. The second-order valence-electron chi connectivity index (χ2n) is 16.8. The predicted molar refractivity (Wildman–Crippen MR) is 278 cm³/mol. The molecule has 65 heavy (non-hydrogen) atoms. The first-order valence-corrected chi connectivity index (χ1v) is 23.0. The molecule has 0 aliphatic heterocycles. The van der Waals surface area contributed by atoms with Crippen LogP contribution < -0.4 is 4.90 Å². The highest BCUT2D eigenvalue weighted by Crippen LogP contribution is 2.48. The normalized spacial score (nSPS) is 11.7. The topological polar surface area (TPSA) is 16.4 Å². The maximum Gasteiger partial charge on any atom is 0.145 e. The fourth-order valence-corrected chi connectivity index (χ4v) is 11.2. The summed E-state index contributed by atoms with van der Waals surface area (Å²) in [5.74, 6) is 0. The first-order chi connectivity index (χ1) is 32.2. The Labute approximate surface area is 380 Å². The van der Waals surface area contributed by atoms with Crippen LogP contribution in [0.3, 0.4) is 0 Å². The van der Waals surface area contributed by atoms with Gasteiger partial charge in [0.1, 0.15) is 11.2 Å². The monoisotopic (exact) mass is 845 g/mol. The number of para-hydroxylation sites is 1. The van der Waals surface area contributed by atoms with E-state index in [1.165, 1.54) is 69.5 Å². The number of thiophene rings is 1. The molecule has 304 valence electrons. The van der Waals surface area contributed by atoms with Crippen molar-refractivity contribution in [1.29, 1.82) is 0 Å². The van der Waals surface area contributed by atoms with Crippen LogP contribution in [-0.2, 0) is 0 Å². The SMILES string of the molecule is c1ccc(-c2cccc3sc4ccccc4c23)c(-c2ccc(N(c3ccc(-c4ccc5ccccc5c4)cc3)c3ccc(-c4cccc5ccccc45)c4oc5ccccc5c34)cc2)c1. The third kappa shape index (κ3) is 6.24. The molecule has 0 bridgehead atoms. The van der Waals surface area contributed by atoms with Crippen molar-refractivity contribution >= 4 is 92.1 Å². The molecule has 3 heteroatoms. The zero-order valence-electron chi connectivity index (χ0n) is 35.3. The van der Waals surface area contributed by atoms with Crippen LogP contribution in [0.1, 0.15) is 0 Å². The van der Waals surface area contributed by atoms with Crippen molar-refractivity contribution < 1.29 is 4.42 Å². The Kier molecular flexibility index (Phi) is 8.75. The van der Waals surface area contributed by atoms with Crippen LogP contribution in [0, 0.1) is 0 Å². The number of anilines is 3. The predicted octanol–water partition coefficient (Wildman–Crippen LogP) is 18.4. The van der Waals surface area contributed by atoms with Crippen molar-refractivity contribution in [2.45, 2.75) is 0 Å². The van der Waals surface area contributed by atoms with Gasteiger partial charge in [-0.25, -0.2) is 0 Å². The zero-order valence-corrected chi connectivity index (χ0v) is 36.1. The number of nitrogens with zero attached hydrogens (tertiary/aromatic N) is 1. The summed E-state index contributed by atoms with van der Waals surface area (Å²) in [6.45, 7) is 0. The van der Waals surface area contributed by atoms with Crippen molar-refractivity contribution in [2.75, 3.05) is 4.90 Å². The molecule has 0 unspecified atom stereocenters. The Morgan fingerprint density at radius 1 is 0.323 bits per heavy atom. The van der Waals surface area contributed by atoms with E-state index in [0.29, 0.717) is 0 Å². The van der Waals surface area contributed by atoms with Crippen LogP contribution in [0.5, 0.6) is 0 Å². The van der Waals surface area contributed by atoms with Gasteiger partial charge in [0.05, 0.1) is 11.1 Å². The summed E-state index contributed by atoms with van der Waals surface area (Å²) >= 11 is 1.86. The lowest BCUT2D eigenvalue weighted by molar-refractivity contribution is 0.670. The lowest BCUT2D eigenvalue weighted by atomic mass is 9.92. The Hall–Kier alpha value is -8.24. The highest BCUT2D eigenvalue weighted by Gasteiger charge is 2.23. The first-order valence-electron chi connectivity index (χ1n) is 22.2. The number of benzene rings is 11. The fourth-order valence-electron chi connectivity index (χ4n) is 10.0. The average molecular weight is 846 g/mol. The van der Waals surface area contributed by atoms with Crippen LogP contribution in [0.25, 0.3) is 108 Å². The number of fused-ring (bicyclic) bond motifs is 8. The molecule has 0 spiro atoms. The van der Waals surface area contributed by atoms with Gasteiger partial charge in [0.15, 0.2) is 0 Å². The van der Waals surface area contributed by atoms with Gasteiger partial charge in [0, 0.05) is 42.5 Å². The van der Waals surface area contributed by atoms with Gasteiger partial charge >= 0.3 is 0 Å². The summed E-state index contributed by atoms with van der Waals surface area (Å²) in [6, 6.07) is 85.9. The van der Waals surface area contributed by atoms with E-state index in [4.69, 9.17) is 4.42 Å². The van der Waals surface area contributed by atoms with E-state index in [-0.39, 0.29) is 0 Å². The number of hydrogen-bond donors (Lipinski definition) is 0. The van der Waals surface area contributed by atoms with Crippen LogP contribution in [0.4, 0.5) is 17.1 Å². The molecule has 0 N–H and O–H groups in total. The van der Waals surface area contributed by atoms with Crippen LogP contribution in [0.2, 0.25) is 0 Å². The largest absolute Gasteiger partial charge is 0.455 e. The number of hydrogen-bond acceptors (Lipinski definition) is 3. The van der Waals surface area contributed by atoms with E-state index in [0.717, 1.165) is 55.7 Å². The van der Waals surface area contributed by atoms with E-state index >= 15 is 0 Å². The van der Waals surface area contributed by atoms with Gasteiger partial charge in [-0.3, -0.25) is 0 Å². The van der Waals surface area contributed by atoms with Crippen LogP contribution in [0.15, 0.2) is 241 Å². The quantitative estimate of drug-likeness (QED) is 0.159.